The van der Waals surface area contributed by atoms with Crippen LogP contribution in [0.15, 0.2) is 0 Å². The summed E-state index contributed by atoms with van der Waals surface area (Å²) in [5.41, 5.74) is 0. The molecule has 0 fully saturated rings. The molecule has 0 atom stereocenters. The third kappa shape index (κ3) is 273. The minimum absolute atomic E-state index is 0. The van der Waals surface area contributed by atoms with Crippen LogP contribution in [0.3, 0.4) is 0 Å². The summed E-state index contributed by atoms with van der Waals surface area (Å²) in [5.74, 6) is 0. The predicted molar refractivity (Wildman–Crippen MR) is 31.4 cm³/mol. The van der Waals surface area contributed by atoms with Gasteiger partial charge in [-0.1, -0.05) is 0 Å². The maximum atomic E-state index is 8.67. The molecule has 0 aliphatic carbocycles. The second-order valence-corrected chi connectivity index (χ2v) is 0.692. The molecule has 0 aromatic heterocycles. The Morgan fingerprint density at radius 3 is 1.00 bits per heavy atom. The van der Waals surface area contributed by atoms with E-state index < -0.39 is 11.4 Å². The van der Waals surface area contributed by atoms with Crippen LogP contribution in [0.25, 0.3) is 0 Å². The molecule has 0 unspecified atom stereocenters. The monoisotopic (exact) mass is 160 g/mol. The normalized spacial score (nSPS) is 4.38. The van der Waals surface area contributed by atoms with Crippen LogP contribution in [0, 0.1) is 0 Å². The van der Waals surface area contributed by atoms with Crippen molar-refractivity contribution in [1.82, 2.24) is 0 Å². The van der Waals surface area contributed by atoms with Gasteiger partial charge in [0.15, 0.2) is 0 Å². The summed E-state index contributed by atoms with van der Waals surface area (Å²) in [7, 11) is 0. The standard InChI is InChI=1S/Na.H2O3S.3H2O.H/c;1-4(2)3;;;;/h;(H2,1,2,3);3*1H2;. The third-order valence-electron chi connectivity index (χ3n) is 0. The summed E-state index contributed by atoms with van der Waals surface area (Å²) in [6.45, 7) is 0. The van der Waals surface area contributed by atoms with Gasteiger partial charge in [0.1, 0.15) is 0 Å². The van der Waals surface area contributed by atoms with Crippen LogP contribution in [0.5, 0.6) is 0 Å². The second kappa shape index (κ2) is 24.6. The first-order valence-electron chi connectivity index (χ1n) is 0.532. The minimum atomic E-state index is -2.61. The van der Waals surface area contributed by atoms with Crippen molar-refractivity contribution in [2.75, 3.05) is 0 Å². The van der Waals surface area contributed by atoms with Crippen LogP contribution in [0.2, 0.25) is 0 Å². The van der Waals surface area contributed by atoms with Gasteiger partial charge in [-0.2, -0.15) is 4.21 Å². The van der Waals surface area contributed by atoms with Crippen molar-refractivity contribution >= 4 is 40.9 Å². The maximum absolute atomic E-state index is 8.67. The zero-order chi connectivity index (χ0) is 3.58. The SMILES string of the molecule is O.O.O.O=S(O)O.[NaH]. The molecule has 0 radical (unpaired) electrons. The van der Waals surface area contributed by atoms with E-state index >= 15 is 0 Å². The van der Waals surface area contributed by atoms with Crippen molar-refractivity contribution in [2.24, 2.45) is 0 Å². The van der Waals surface area contributed by atoms with E-state index in [1.807, 2.05) is 0 Å². The molecule has 0 heterocycles. The Bertz CT molecular complexity index is 31.5. The van der Waals surface area contributed by atoms with Crippen molar-refractivity contribution in [3.05, 3.63) is 0 Å². The van der Waals surface area contributed by atoms with Crippen LogP contribution >= 0.6 is 0 Å². The predicted octanol–water partition coefficient (Wildman–Crippen LogP) is -3.44. The zero-order valence-electron chi connectivity index (χ0n) is 3.21. The molecule has 0 aromatic carbocycles. The van der Waals surface area contributed by atoms with Crippen LogP contribution in [0.4, 0.5) is 0 Å². The van der Waals surface area contributed by atoms with Gasteiger partial charge in [0.05, 0.1) is 0 Å². The van der Waals surface area contributed by atoms with Gasteiger partial charge in [0.2, 0.25) is 0 Å². The van der Waals surface area contributed by atoms with E-state index in [1.54, 1.807) is 0 Å². The Kier molecular flexibility index (Phi) is 112. The van der Waals surface area contributed by atoms with Gasteiger partial charge in [0, 0.05) is 0 Å². The van der Waals surface area contributed by atoms with Gasteiger partial charge < -0.3 is 16.4 Å². The summed E-state index contributed by atoms with van der Waals surface area (Å²) < 4.78 is 22.8. The molecule has 0 rings (SSSR count). The molecule has 0 amide bonds. The fourth-order valence-electron chi connectivity index (χ4n) is 0. The number of rotatable bonds is 0. The van der Waals surface area contributed by atoms with Gasteiger partial charge >= 0.3 is 29.6 Å². The number of hydrogen-bond acceptors (Lipinski definition) is 1. The van der Waals surface area contributed by atoms with Crippen LogP contribution in [0.1, 0.15) is 0 Å². The fourth-order valence-corrected chi connectivity index (χ4v) is 0. The molecule has 0 bridgehead atoms. The first kappa shape index (κ1) is 36.3. The van der Waals surface area contributed by atoms with Crippen molar-refractivity contribution in [2.45, 2.75) is 0 Å². The molecule has 6 nitrogen and oxygen atoms in total. The molecule has 0 saturated carbocycles. The molecule has 8 N–H and O–H groups in total. The second-order valence-electron chi connectivity index (χ2n) is 0.231. The third-order valence-corrected chi connectivity index (χ3v) is 0. The van der Waals surface area contributed by atoms with E-state index in [-0.39, 0.29) is 46.0 Å². The van der Waals surface area contributed by atoms with Crippen molar-refractivity contribution in [1.29, 1.82) is 0 Å². The molecule has 0 aliphatic rings. The fraction of sp³-hybridized carbons (Fsp3) is 0. The van der Waals surface area contributed by atoms with Crippen LogP contribution < -0.4 is 0 Å². The molecule has 8 heavy (non-hydrogen) atoms. The van der Waals surface area contributed by atoms with Gasteiger partial charge in [-0.15, -0.1) is 0 Å². The molecular formula is H9NaO6S. The molecular weight excluding hydrogens is 151 g/mol. The van der Waals surface area contributed by atoms with Gasteiger partial charge in [-0.3, -0.25) is 9.11 Å². The van der Waals surface area contributed by atoms with E-state index in [9.17, 15) is 0 Å². The molecule has 52 valence electrons. The van der Waals surface area contributed by atoms with Crippen molar-refractivity contribution in [3.63, 3.8) is 0 Å². The van der Waals surface area contributed by atoms with Crippen molar-refractivity contribution < 1.29 is 29.7 Å². The summed E-state index contributed by atoms with van der Waals surface area (Å²) in [4.78, 5) is 0. The number of hydrogen-bond donors (Lipinski definition) is 2. The quantitative estimate of drug-likeness (QED) is 0.280. The first-order valence-corrected chi connectivity index (χ1v) is 1.60. The average molecular weight is 160 g/mol. The molecule has 0 saturated heterocycles. The Hall–Kier alpha value is 0.950. The Balaban J connectivity index is -0.00000000750. The van der Waals surface area contributed by atoms with E-state index in [1.165, 1.54) is 0 Å². The van der Waals surface area contributed by atoms with Crippen molar-refractivity contribution in [3.8, 4) is 0 Å². The Morgan fingerprint density at radius 1 is 1.00 bits per heavy atom. The summed E-state index contributed by atoms with van der Waals surface area (Å²) in [6.07, 6.45) is 0. The van der Waals surface area contributed by atoms with E-state index in [4.69, 9.17) is 13.3 Å². The van der Waals surface area contributed by atoms with Gasteiger partial charge in [-0.25, -0.2) is 0 Å². The van der Waals surface area contributed by atoms with E-state index in [0.29, 0.717) is 0 Å². The van der Waals surface area contributed by atoms with Gasteiger partial charge in [-0.05, 0) is 0 Å². The molecule has 0 spiro atoms. The first-order chi connectivity index (χ1) is 1.73. The van der Waals surface area contributed by atoms with Crippen LogP contribution in [-0.2, 0) is 11.4 Å². The summed E-state index contributed by atoms with van der Waals surface area (Å²) in [6, 6.07) is 0. The Labute approximate surface area is 70.6 Å². The zero-order valence-corrected chi connectivity index (χ0v) is 4.03. The molecule has 0 aromatic rings. The molecule has 8 heteroatoms. The van der Waals surface area contributed by atoms with Crippen LogP contribution in [-0.4, -0.2) is 59.3 Å². The summed E-state index contributed by atoms with van der Waals surface area (Å²) >= 11 is -2.61. The van der Waals surface area contributed by atoms with Gasteiger partial charge in [0.25, 0.3) is 11.4 Å². The van der Waals surface area contributed by atoms with E-state index in [0.717, 1.165) is 0 Å². The Morgan fingerprint density at radius 2 is 1.00 bits per heavy atom. The molecule has 0 aliphatic heterocycles. The average Bonchev–Trinajstić information content (AvgIpc) is 0.811. The summed E-state index contributed by atoms with van der Waals surface area (Å²) in [5, 5.41) is 0. The topological polar surface area (TPSA) is 152 Å². The van der Waals surface area contributed by atoms with E-state index in [2.05, 4.69) is 0 Å².